The Morgan fingerprint density at radius 3 is 2.50 bits per heavy atom. The van der Waals surface area contributed by atoms with E-state index < -0.39 is 23.2 Å². The van der Waals surface area contributed by atoms with Gasteiger partial charge in [-0.15, -0.1) is 4.36 Å². The van der Waals surface area contributed by atoms with E-state index in [1.807, 2.05) is 0 Å². The molecule has 0 saturated heterocycles. The predicted octanol–water partition coefficient (Wildman–Crippen LogP) is 0.864. The summed E-state index contributed by atoms with van der Waals surface area (Å²) >= 11 is 0. The number of benzene rings is 1. The molecule has 0 aliphatic rings. The van der Waals surface area contributed by atoms with Gasteiger partial charge in [-0.05, 0) is 12.1 Å². The second-order valence-corrected chi connectivity index (χ2v) is 2.97. The molecule has 0 amide bonds. The first-order valence-electron chi connectivity index (χ1n) is 3.69. The fourth-order valence-electron chi connectivity index (χ4n) is 0.786. The van der Waals surface area contributed by atoms with Gasteiger partial charge in [0.05, 0.1) is 5.56 Å². The zero-order valence-electron chi connectivity index (χ0n) is 7.08. The molecule has 0 atom stereocenters. The number of carbonyl (C=O) groups excluding carboxylic acids is 1. The number of hydrogen-bond acceptors (Lipinski definition) is 5. The van der Waals surface area contributed by atoms with E-state index in [2.05, 4.69) is 9.10 Å². The molecule has 0 aromatic heterocycles. The third kappa shape index (κ3) is 3.36. The Balaban J connectivity index is 2.56. The smallest absolute Gasteiger partial charge is 0.339 e. The molecule has 0 heterocycles. The van der Waals surface area contributed by atoms with Crippen LogP contribution in [-0.2, 0) is 15.2 Å². The Hall–Kier alpha value is -1.69. The fraction of sp³-hybridized carbons (Fsp3) is 0.125. The number of carbonyl (C=O) groups is 1. The van der Waals surface area contributed by atoms with E-state index in [1.54, 1.807) is 30.3 Å². The van der Waals surface area contributed by atoms with Crippen molar-refractivity contribution in [3.8, 4) is 0 Å². The average molecular weight is 213 g/mol. The molecule has 5 nitrogen and oxygen atoms in total. The topological polar surface area (TPSA) is 72.8 Å². The number of ether oxygens (including phenoxy) is 1. The van der Waals surface area contributed by atoms with Crippen LogP contribution in [0.25, 0.3) is 0 Å². The summed E-state index contributed by atoms with van der Waals surface area (Å²) in [4.78, 5) is 11.1. The highest BCUT2D eigenvalue weighted by atomic mass is 32.2. The Kier molecular flexibility index (Phi) is 3.81. The normalized spacial score (nSPS) is 9.14. The minimum absolute atomic E-state index is 0.361. The van der Waals surface area contributed by atoms with Crippen molar-refractivity contribution in [1.29, 1.82) is 0 Å². The highest BCUT2D eigenvalue weighted by Gasteiger charge is 2.04. The first kappa shape index (κ1) is 10.4. The van der Waals surface area contributed by atoms with Crippen molar-refractivity contribution >= 4 is 16.5 Å². The predicted molar refractivity (Wildman–Crippen MR) is 48.1 cm³/mol. The van der Waals surface area contributed by atoms with Crippen molar-refractivity contribution in [2.24, 2.45) is 4.36 Å². The molecule has 1 aromatic rings. The van der Waals surface area contributed by atoms with Crippen LogP contribution >= 0.6 is 0 Å². The van der Waals surface area contributed by atoms with Crippen LogP contribution in [0.4, 0.5) is 0 Å². The Bertz CT molecular complexity index is 430. The van der Waals surface area contributed by atoms with Crippen molar-refractivity contribution in [3.05, 3.63) is 35.9 Å². The minimum Gasteiger partial charge on any atom is -0.438 e. The summed E-state index contributed by atoms with van der Waals surface area (Å²) in [5, 5.41) is 0. The lowest BCUT2D eigenvalue weighted by atomic mass is 10.2. The molecule has 14 heavy (non-hydrogen) atoms. The summed E-state index contributed by atoms with van der Waals surface area (Å²) in [6.07, 6.45) is 0. The standard InChI is InChI=1S/C8H7NO4S/c10-8(13-6-9-14(11)12)7-4-2-1-3-5-7/h1-5H,6H2. The van der Waals surface area contributed by atoms with E-state index in [9.17, 15) is 13.2 Å². The highest BCUT2D eigenvalue weighted by Crippen LogP contribution is 2.00. The van der Waals surface area contributed by atoms with Crippen LogP contribution in [0, 0.1) is 0 Å². The number of esters is 1. The molecule has 1 aromatic carbocycles. The quantitative estimate of drug-likeness (QED) is 0.698. The third-order valence-corrected chi connectivity index (χ3v) is 1.68. The molecule has 0 N–H and O–H groups in total. The second kappa shape index (κ2) is 5.13. The summed E-state index contributed by atoms with van der Waals surface area (Å²) in [6, 6.07) is 8.25. The van der Waals surface area contributed by atoms with E-state index in [-0.39, 0.29) is 0 Å². The molecule has 6 heteroatoms. The lowest BCUT2D eigenvalue weighted by molar-refractivity contribution is 0.0519. The molecule has 74 valence electrons. The largest absolute Gasteiger partial charge is 0.438 e. The summed E-state index contributed by atoms with van der Waals surface area (Å²) in [5.74, 6) is -0.597. The van der Waals surface area contributed by atoms with Crippen LogP contribution in [0.1, 0.15) is 10.4 Å². The summed E-state index contributed by atoms with van der Waals surface area (Å²) < 4.78 is 27.4. The van der Waals surface area contributed by atoms with Crippen LogP contribution in [-0.4, -0.2) is 21.1 Å². The van der Waals surface area contributed by atoms with Crippen LogP contribution in [0.5, 0.6) is 0 Å². The average Bonchev–Trinajstić information content (AvgIpc) is 2.18. The van der Waals surface area contributed by atoms with Gasteiger partial charge in [-0.1, -0.05) is 18.2 Å². The molecular formula is C8H7NO4S. The van der Waals surface area contributed by atoms with Crippen LogP contribution in [0.15, 0.2) is 34.7 Å². The zero-order valence-corrected chi connectivity index (χ0v) is 7.90. The minimum atomic E-state index is -2.54. The van der Waals surface area contributed by atoms with Gasteiger partial charge in [0.25, 0.3) is 0 Å². The van der Waals surface area contributed by atoms with Gasteiger partial charge in [0.15, 0.2) is 6.73 Å². The van der Waals surface area contributed by atoms with Gasteiger partial charge in [0.1, 0.15) is 0 Å². The summed E-state index contributed by atoms with van der Waals surface area (Å²) in [7, 11) is -2.54. The molecule has 0 aliphatic heterocycles. The van der Waals surface area contributed by atoms with Crippen LogP contribution in [0.2, 0.25) is 0 Å². The first-order chi connectivity index (χ1) is 6.70. The summed E-state index contributed by atoms with van der Waals surface area (Å²) in [5.41, 5.74) is 0.361. The maximum atomic E-state index is 11.1. The lowest BCUT2D eigenvalue weighted by Crippen LogP contribution is -2.04. The van der Waals surface area contributed by atoms with Gasteiger partial charge in [-0.3, -0.25) is 0 Å². The fourth-order valence-corrected chi connectivity index (χ4v) is 0.924. The van der Waals surface area contributed by atoms with Crippen molar-refractivity contribution in [3.63, 3.8) is 0 Å². The molecular weight excluding hydrogens is 206 g/mol. The Labute approximate surface area is 82.0 Å². The molecule has 0 radical (unpaired) electrons. The SMILES string of the molecule is O=C(OCN=S(=O)=O)c1ccccc1. The number of hydrogen-bond donors (Lipinski definition) is 0. The number of nitrogens with zero attached hydrogens (tertiary/aromatic N) is 1. The first-order valence-corrected chi connectivity index (χ1v) is 4.72. The third-order valence-electron chi connectivity index (χ3n) is 1.36. The second-order valence-electron chi connectivity index (χ2n) is 2.27. The Morgan fingerprint density at radius 2 is 1.93 bits per heavy atom. The van der Waals surface area contributed by atoms with Crippen molar-refractivity contribution in [2.75, 3.05) is 6.73 Å². The van der Waals surface area contributed by atoms with E-state index in [0.717, 1.165) is 0 Å². The monoisotopic (exact) mass is 213 g/mol. The van der Waals surface area contributed by atoms with Gasteiger partial charge in [-0.25, -0.2) is 4.79 Å². The zero-order chi connectivity index (χ0) is 10.4. The molecule has 0 fully saturated rings. The van der Waals surface area contributed by atoms with E-state index in [0.29, 0.717) is 5.56 Å². The molecule has 0 spiro atoms. The maximum Gasteiger partial charge on any atom is 0.339 e. The van der Waals surface area contributed by atoms with Gasteiger partial charge in [0, 0.05) is 0 Å². The van der Waals surface area contributed by atoms with Crippen molar-refractivity contribution < 1.29 is 17.9 Å². The molecule has 0 aliphatic carbocycles. The lowest BCUT2D eigenvalue weighted by Gasteiger charge is -1.98. The number of rotatable bonds is 3. The summed E-state index contributed by atoms with van der Waals surface area (Å²) in [6.45, 7) is -0.482. The van der Waals surface area contributed by atoms with Gasteiger partial charge >= 0.3 is 16.5 Å². The highest BCUT2D eigenvalue weighted by molar-refractivity contribution is 7.61. The van der Waals surface area contributed by atoms with E-state index in [1.165, 1.54) is 0 Å². The van der Waals surface area contributed by atoms with Gasteiger partial charge < -0.3 is 4.74 Å². The van der Waals surface area contributed by atoms with Crippen molar-refractivity contribution in [1.82, 2.24) is 0 Å². The van der Waals surface area contributed by atoms with Gasteiger partial charge in [0.2, 0.25) is 0 Å². The van der Waals surface area contributed by atoms with Crippen LogP contribution < -0.4 is 0 Å². The molecule has 0 bridgehead atoms. The van der Waals surface area contributed by atoms with E-state index in [4.69, 9.17) is 0 Å². The molecule has 0 unspecified atom stereocenters. The van der Waals surface area contributed by atoms with Crippen molar-refractivity contribution in [2.45, 2.75) is 0 Å². The van der Waals surface area contributed by atoms with Crippen LogP contribution in [0.3, 0.4) is 0 Å². The Morgan fingerprint density at radius 1 is 1.29 bits per heavy atom. The molecule has 0 saturated carbocycles. The maximum absolute atomic E-state index is 11.1. The van der Waals surface area contributed by atoms with Gasteiger partial charge in [-0.2, -0.15) is 8.42 Å². The van der Waals surface area contributed by atoms with E-state index >= 15 is 0 Å². The molecule has 1 rings (SSSR count).